The summed E-state index contributed by atoms with van der Waals surface area (Å²) in [5, 5.41) is 15.1. The van der Waals surface area contributed by atoms with Crippen LogP contribution < -0.4 is 10.6 Å². The molecule has 2 aliphatic rings. The van der Waals surface area contributed by atoms with Gasteiger partial charge in [0, 0.05) is 6.04 Å². The van der Waals surface area contributed by atoms with Crippen LogP contribution in [0.5, 0.6) is 0 Å². The largest absolute Gasteiger partial charge is 0.481 e. The molecule has 0 aliphatic heterocycles. The molecule has 5 heteroatoms. The second-order valence-corrected chi connectivity index (χ2v) is 5.07. The number of amides is 1. The van der Waals surface area contributed by atoms with Crippen LogP contribution in [-0.2, 0) is 9.59 Å². The number of fused-ring (bicyclic) bond motifs is 2. The van der Waals surface area contributed by atoms with Crippen molar-refractivity contribution >= 4 is 11.9 Å². The number of rotatable bonds is 5. The van der Waals surface area contributed by atoms with E-state index in [0.29, 0.717) is 5.92 Å². The number of hydrogen-bond acceptors (Lipinski definition) is 3. The lowest BCUT2D eigenvalue weighted by molar-refractivity contribution is -0.144. The summed E-state index contributed by atoms with van der Waals surface area (Å²) in [5.41, 5.74) is 0. The van der Waals surface area contributed by atoms with Crippen LogP contribution in [-0.4, -0.2) is 36.1 Å². The zero-order chi connectivity index (χ0) is 12.4. The second-order valence-electron chi connectivity index (χ2n) is 5.07. The van der Waals surface area contributed by atoms with Crippen LogP contribution in [0.2, 0.25) is 0 Å². The number of carbonyl (C=O) groups is 2. The molecule has 0 spiro atoms. The predicted molar refractivity (Wildman–Crippen MR) is 62.4 cm³/mol. The molecule has 5 nitrogen and oxygen atoms in total. The standard InChI is InChI=1S/C12H20N2O3/c1-2-13-6-9(15)14-11-8-4-3-7(5-8)10(11)12(16)17/h7-8,10-11,13H,2-6H2,1H3,(H,14,15)(H,16,17). The van der Waals surface area contributed by atoms with Crippen LogP contribution in [0.3, 0.4) is 0 Å². The van der Waals surface area contributed by atoms with Gasteiger partial charge < -0.3 is 15.7 Å². The number of carbonyl (C=O) groups excluding carboxylic acids is 1. The molecule has 0 aromatic heterocycles. The van der Waals surface area contributed by atoms with Gasteiger partial charge in [0.15, 0.2) is 0 Å². The van der Waals surface area contributed by atoms with Crippen molar-refractivity contribution in [1.82, 2.24) is 10.6 Å². The predicted octanol–water partition coefficient (Wildman–Crippen LogP) is 0.211. The van der Waals surface area contributed by atoms with Crippen molar-refractivity contribution < 1.29 is 14.7 Å². The first kappa shape index (κ1) is 12.4. The number of likely N-dealkylation sites (N-methyl/N-ethyl adjacent to an activating group) is 1. The van der Waals surface area contributed by atoms with Crippen molar-refractivity contribution in [3.63, 3.8) is 0 Å². The fourth-order valence-electron chi connectivity index (χ4n) is 3.33. The molecular formula is C12H20N2O3. The minimum Gasteiger partial charge on any atom is -0.481 e. The average molecular weight is 240 g/mol. The van der Waals surface area contributed by atoms with Crippen molar-refractivity contribution in [3.05, 3.63) is 0 Å². The molecule has 0 radical (unpaired) electrons. The normalized spacial score (nSPS) is 34.9. The Morgan fingerprint density at radius 1 is 1.29 bits per heavy atom. The summed E-state index contributed by atoms with van der Waals surface area (Å²) in [5.74, 6) is -0.588. The molecule has 2 rings (SSSR count). The molecule has 17 heavy (non-hydrogen) atoms. The smallest absolute Gasteiger partial charge is 0.308 e. The molecule has 4 atom stereocenters. The Labute approximate surface area is 101 Å². The summed E-state index contributed by atoms with van der Waals surface area (Å²) in [4.78, 5) is 22.9. The number of carboxylic acids is 1. The van der Waals surface area contributed by atoms with Crippen LogP contribution in [0.4, 0.5) is 0 Å². The molecule has 2 bridgehead atoms. The summed E-state index contributed by atoms with van der Waals surface area (Å²) in [6.07, 6.45) is 3.02. The van der Waals surface area contributed by atoms with Gasteiger partial charge in [-0.15, -0.1) is 0 Å². The summed E-state index contributed by atoms with van der Waals surface area (Å²) in [7, 11) is 0. The first-order valence-corrected chi connectivity index (χ1v) is 6.36. The van der Waals surface area contributed by atoms with E-state index in [1.807, 2.05) is 6.92 Å². The summed E-state index contributed by atoms with van der Waals surface area (Å²) in [6, 6.07) is -0.155. The molecule has 1 amide bonds. The molecule has 3 N–H and O–H groups in total. The molecule has 0 aromatic carbocycles. The maximum absolute atomic E-state index is 11.6. The van der Waals surface area contributed by atoms with E-state index in [9.17, 15) is 14.7 Å². The van der Waals surface area contributed by atoms with Crippen LogP contribution in [0.1, 0.15) is 26.2 Å². The molecule has 0 aromatic rings. The Balaban J connectivity index is 1.94. The number of nitrogens with one attached hydrogen (secondary N) is 2. The van der Waals surface area contributed by atoms with Gasteiger partial charge in [-0.05, 0) is 37.6 Å². The number of carboxylic acid groups (broad SMARTS) is 1. The molecular weight excluding hydrogens is 220 g/mol. The number of hydrogen-bond donors (Lipinski definition) is 3. The minimum absolute atomic E-state index is 0.0874. The Morgan fingerprint density at radius 3 is 2.65 bits per heavy atom. The van der Waals surface area contributed by atoms with Gasteiger partial charge in [0.1, 0.15) is 0 Å². The maximum atomic E-state index is 11.6. The van der Waals surface area contributed by atoms with E-state index in [-0.39, 0.29) is 30.3 Å². The first-order chi connectivity index (χ1) is 8.13. The highest BCUT2D eigenvalue weighted by Crippen LogP contribution is 2.48. The molecule has 0 heterocycles. The van der Waals surface area contributed by atoms with Gasteiger partial charge in [0.25, 0.3) is 0 Å². The van der Waals surface area contributed by atoms with E-state index in [1.165, 1.54) is 0 Å². The molecule has 2 fully saturated rings. The maximum Gasteiger partial charge on any atom is 0.308 e. The van der Waals surface area contributed by atoms with Gasteiger partial charge in [-0.1, -0.05) is 6.92 Å². The van der Waals surface area contributed by atoms with Crippen molar-refractivity contribution in [1.29, 1.82) is 0 Å². The van der Waals surface area contributed by atoms with Gasteiger partial charge in [-0.25, -0.2) is 0 Å². The van der Waals surface area contributed by atoms with Crippen LogP contribution >= 0.6 is 0 Å². The summed E-state index contributed by atoms with van der Waals surface area (Å²) < 4.78 is 0. The van der Waals surface area contributed by atoms with E-state index in [0.717, 1.165) is 25.8 Å². The Bertz CT molecular complexity index is 319. The van der Waals surface area contributed by atoms with Crippen molar-refractivity contribution in [2.75, 3.05) is 13.1 Å². The zero-order valence-corrected chi connectivity index (χ0v) is 10.1. The lowest BCUT2D eigenvalue weighted by Crippen LogP contribution is -2.49. The topological polar surface area (TPSA) is 78.4 Å². The quantitative estimate of drug-likeness (QED) is 0.642. The SMILES string of the molecule is CCNCC(=O)NC1C2CCC(C2)C1C(=O)O. The Kier molecular flexibility index (Phi) is 3.66. The van der Waals surface area contributed by atoms with Crippen LogP contribution in [0.15, 0.2) is 0 Å². The molecule has 96 valence electrons. The van der Waals surface area contributed by atoms with Crippen molar-refractivity contribution in [2.24, 2.45) is 17.8 Å². The Morgan fingerprint density at radius 2 is 2.00 bits per heavy atom. The fourth-order valence-corrected chi connectivity index (χ4v) is 3.33. The third-order valence-corrected chi connectivity index (χ3v) is 4.06. The van der Waals surface area contributed by atoms with Gasteiger partial charge in [-0.3, -0.25) is 9.59 Å². The van der Waals surface area contributed by atoms with Crippen molar-refractivity contribution in [3.8, 4) is 0 Å². The van der Waals surface area contributed by atoms with Crippen molar-refractivity contribution in [2.45, 2.75) is 32.2 Å². The average Bonchev–Trinajstić information content (AvgIpc) is 2.86. The van der Waals surface area contributed by atoms with E-state index in [4.69, 9.17) is 0 Å². The fraction of sp³-hybridized carbons (Fsp3) is 0.833. The lowest BCUT2D eigenvalue weighted by atomic mass is 9.84. The second kappa shape index (κ2) is 5.04. The molecule has 4 unspecified atom stereocenters. The van der Waals surface area contributed by atoms with E-state index >= 15 is 0 Å². The highest BCUT2D eigenvalue weighted by molar-refractivity contribution is 5.80. The van der Waals surface area contributed by atoms with E-state index < -0.39 is 5.97 Å². The summed E-state index contributed by atoms with van der Waals surface area (Å²) in [6.45, 7) is 2.95. The monoisotopic (exact) mass is 240 g/mol. The van der Waals surface area contributed by atoms with Gasteiger partial charge in [0.2, 0.25) is 5.91 Å². The molecule has 0 saturated heterocycles. The van der Waals surface area contributed by atoms with Crippen LogP contribution in [0, 0.1) is 17.8 Å². The first-order valence-electron chi connectivity index (χ1n) is 6.36. The third kappa shape index (κ3) is 2.44. The van der Waals surface area contributed by atoms with Gasteiger partial charge in [0.05, 0.1) is 12.5 Å². The number of aliphatic carboxylic acids is 1. The Hall–Kier alpha value is -1.10. The highest BCUT2D eigenvalue weighted by atomic mass is 16.4. The molecule has 2 aliphatic carbocycles. The zero-order valence-electron chi connectivity index (χ0n) is 10.1. The van der Waals surface area contributed by atoms with Gasteiger partial charge >= 0.3 is 5.97 Å². The third-order valence-electron chi connectivity index (χ3n) is 4.06. The van der Waals surface area contributed by atoms with E-state index in [1.54, 1.807) is 0 Å². The minimum atomic E-state index is -0.758. The van der Waals surface area contributed by atoms with Crippen LogP contribution in [0.25, 0.3) is 0 Å². The lowest BCUT2D eigenvalue weighted by Gasteiger charge is -2.28. The van der Waals surface area contributed by atoms with E-state index in [2.05, 4.69) is 10.6 Å². The highest BCUT2D eigenvalue weighted by Gasteiger charge is 2.51. The van der Waals surface area contributed by atoms with Gasteiger partial charge in [-0.2, -0.15) is 0 Å². The summed E-state index contributed by atoms with van der Waals surface area (Å²) >= 11 is 0. The molecule has 2 saturated carbocycles.